The maximum atomic E-state index is 4.26. The SMILES string of the molecule is CN=C(NCCC(C)N1CCCCC1)NC1CC1. The van der Waals surface area contributed by atoms with E-state index in [9.17, 15) is 0 Å². The van der Waals surface area contributed by atoms with Crippen molar-refractivity contribution in [1.82, 2.24) is 15.5 Å². The van der Waals surface area contributed by atoms with Crippen molar-refractivity contribution < 1.29 is 0 Å². The minimum atomic E-state index is 0.677. The highest BCUT2D eigenvalue weighted by atomic mass is 15.2. The molecule has 1 atom stereocenters. The number of likely N-dealkylation sites (tertiary alicyclic amines) is 1. The minimum absolute atomic E-state index is 0.677. The number of guanidine groups is 1. The van der Waals surface area contributed by atoms with Crippen LogP contribution in [0.3, 0.4) is 0 Å². The van der Waals surface area contributed by atoms with Crippen LogP contribution in [0.25, 0.3) is 0 Å². The van der Waals surface area contributed by atoms with Crippen molar-refractivity contribution in [3.05, 3.63) is 0 Å². The van der Waals surface area contributed by atoms with Gasteiger partial charge >= 0.3 is 0 Å². The molecule has 18 heavy (non-hydrogen) atoms. The van der Waals surface area contributed by atoms with E-state index in [1.54, 1.807) is 0 Å². The molecule has 104 valence electrons. The zero-order valence-corrected chi connectivity index (χ0v) is 11.9. The van der Waals surface area contributed by atoms with Crippen molar-refractivity contribution in [2.24, 2.45) is 4.99 Å². The monoisotopic (exact) mass is 252 g/mol. The van der Waals surface area contributed by atoms with Crippen LogP contribution in [0.4, 0.5) is 0 Å². The fourth-order valence-electron chi connectivity index (χ4n) is 2.56. The zero-order valence-electron chi connectivity index (χ0n) is 11.9. The smallest absolute Gasteiger partial charge is 0.191 e. The highest BCUT2D eigenvalue weighted by molar-refractivity contribution is 5.80. The van der Waals surface area contributed by atoms with E-state index in [4.69, 9.17) is 0 Å². The summed E-state index contributed by atoms with van der Waals surface area (Å²) in [5, 5.41) is 6.84. The normalized spacial score (nSPS) is 23.8. The van der Waals surface area contributed by atoms with Crippen molar-refractivity contribution >= 4 is 5.96 Å². The van der Waals surface area contributed by atoms with E-state index in [0.29, 0.717) is 12.1 Å². The molecule has 0 bridgehead atoms. The second-order valence-corrected chi connectivity index (χ2v) is 5.65. The van der Waals surface area contributed by atoms with Crippen LogP contribution in [0.2, 0.25) is 0 Å². The van der Waals surface area contributed by atoms with E-state index in [1.807, 2.05) is 7.05 Å². The van der Waals surface area contributed by atoms with Crippen LogP contribution in [0.15, 0.2) is 4.99 Å². The second kappa shape index (κ2) is 6.98. The van der Waals surface area contributed by atoms with Crippen molar-refractivity contribution in [3.8, 4) is 0 Å². The summed E-state index contributed by atoms with van der Waals surface area (Å²) in [6.07, 6.45) is 7.96. The molecular formula is C14H28N4. The Hall–Kier alpha value is -0.770. The first-order valence-corrected chi connectivity index (χ1v) is 7.51. The lowest BCUT2D eigenvalue weighted by Gasteiger charge is -2.32. The van der Waals surface area contributed by atoms with E-state index in [1.165, 1.54) is 51.6 Å². The molecule has 0 radical (unpaired) electrons. The zero-order chi connectivity index (χ0) is 12.8. The van der Waals surface area contributed by atoms with Gasteiger partial charge in [0.25, 0.3) is 0 Å². The van der Waals surface area contributed by atoms with Gasteiger partial charge in [-0.15, -0.1) is 0 Å². The molecule has 4 nitrogen and oxygen atoms in total. The van der Waals surface area contributed by atoms with E-state index in [0.717, 1.165) is 12.5 Å². The average molecular weight is 252 g/mol. The molecule has 4 heteroatoms. The molecule has 0 amide bonds. The van der Waals surface area contributed by atoms with Gasteiger partial charge in [-0.25, -0.2) is 0 Å². The molecule has 1 saturated carbocycles. The Morgan fingerprint density at radius 2 is 2.00 bits per heavy atom. The maximum Gasteiger partial charge on any atom is 0.191 e. The largest absolute Gasteiger partial charge is 0.356 e. The highest BCUT2D eigenvalue weighted by Crippen LogP contribution is 2.18. The van der Waals surface area contributed by atoms with E-state index in [-0.39, 0.29) is 0 Å². The molecule has 1 unspecified atom stereocenters. The Labute approximate surface area is 111 Å². The summed E-state index contributed by atoms with van der Waals surface area (Å²) in [5.41, 5.74) is 0. The molecule has 0 aromatic carbocycles. The first-order valence-electron chi connectivity index (χ1n) is 7.51. The second-order valence-electron chi connectivity index (χ2n) is 5.65. The molecule has 0 aromatic rings. The third kappa shape index (κ3) is 4.48. The van der Waals surface area contributed by atoms with E-state index >= 15 is 0 Å². The van der Waals surface area contributed by atoms with Crippen molar-refractivity contribution in [1.29, 1.82) is 0 Å². The van der Waals surface area contributed by atoms with Gasteiger partial charge in [-0.1, -0.05) is 6.42 Å². The Morgan fingerprint density at radius 3 is 2.61 bits per heavy atom. The van der Waals surface area contributed by atoms with Crippen LogP contribution in [0, 0.1) is 0 Å². The third-order valence-corrected chi connectivity index (χ3v) is 4.01. The molecule has 1 saturated heterocycles. The molecule has 0 spiro atoms. The van der Waals surface area contributed by atoms with Crippen molar-refractivity contribution in [2.45, 2.75) is 57.5 Å². The highest BCUT2D eigenvalue weighted by Gasteiger charge is 2.22. The lowest BCUT2D eigenvalue weighted by Crippen LogP contribution is -2.42. The quantitative estimate of drug-likeness (QED) is 0.576. The Kier molecular flexibility index (Phi) is 5.29. The van der Waals surface area contributed by atoms with Crippen LogP contribution < -0.4 is 10.6 Å². The van der Waals surface area contributed by atoms with Gasteiger partial charge in [0.15, 0.2) is 5.96 Å². The van der Waals surface area contributed by atoms with Gasteiger partial charge in [0.2, 0.25) is 0 Å². The standard InChI is InChI=1S/C14H28N4/c1-12(18-10-4-3-5-11-18)8-9-16-14(15-2)17-13-6-7-13/h12-13H,3-11H2,1-2H3,(H2,15,16,17). The summed E-state index contributed by atoms with van der Waals surface area (Å²) in [6, 6.07) is 1.37. The molecule has 2 fully saturated rings. The summed E-state index contributed by atoms with van der Waals surface area (Å²) < 4.78 is 0. The van der Waals surface area contributed by atoms with E-state index < -0.39 is 0 Å². The van der Waals surface area contributed by atoms with Gasteiger partial charge in [0.1, 0.15) is 0 Å². The summed E-state index contributed by atoms with van der Waals surface area (Å²) in [5.74, 6) is 0.975. The fraction of sp³-hybridized carbons (Fsp3) is 0.929. The van der Waals surface area contributed by atoms with Gasteiger partial charge in [0.05, 0.1) is 0 Å². The van der Waals surface area contributed by atoms with Gasteiger partial charge in [-0.2, -0.15) is 0 Å². The number of hydrogen-bond acceptors (Lipinski definition) is 2. The minimum Gasteiger partial charge on any atom is -0.356 e. The number of nitrogens with one attached hydrogen (secondary N) is 2. The van der Waals surface area contributed by atoms with Gasteiger partial charge in [0, 0.05) is 25.7 Å². The van der Waals surface area contributed by atoms with E-state index in [2.05, 4.69) is 27.4 Å². The Morgan fingerprint density at radius 1 is 1.28 bits per heavy atom. The van der Waals surface area contributed by atoms with Gasteiger partial charge < -0.3 is 15.5 Å². The number of hydrogen-bond donors (Lipinski definition) is 2. The van der Waals surface area contributed by atoms with Crippen LogP contribution in [-0.4, -0.2) is 49.6 Å². The summed E-state index contributed by atoms with van der Waals surface area (Å²) >= 11 is 0. The van der Waals surface area contributed by atoms with Crippen LogP contribution in [0.1, 0.15) is 45.4 Å². The topological polar surface area (TPSA) is 39.7 Å². The van der Waals surface area contributed by atoms with Gasteiger partial charge in [-0.3, -0.25) is 4.99 Å². The fourth-order valence-corrected chi connectivity index (χ4v) is 2.56. The molecule has 2 N–H and O–H groups in total. The number of aliphatic imine (C=N–C) groups is 1. The predicted octanol–water partition coefficient (Wildman–Crippen LogP) is 1.58. The van der Waals surface area contributed by atoms with Crippen molar-refractivity contribution in [3.63, 3.8) is 0 Å². The molecular weight excluding hydrogens is 224 g/mol. The number of rotatable bonds is 5. The Bertz CT molecular complexity index is 267. The molecule has 1 aliphatic heterocycles. The molecule has 2 rings (SSSR count). The Balaban J connectivity index is 1.60. The predicted molar refractivity (Wildman–Crippen MR) is 77.0 cm³/mol. The molecule has 1 heterocycles. The number of nitrogens with zero attached hydrogens (tertiary/aromatic N) is 2. The summed E-state index contributed by atoms with van der Waals surface area (Å²) in [7, 11) is 1.85. The summed E-state index contributed by atoms with van der Waals surface area (Å²) in [6.45, 7) is 5.95. The van der Waals surface area contributed by atoms with Crippen LogP contribution in [0.5, 0.6) is 0 Å². The summed E-state index contributed by atoms with van der Waals surface area (Å²) in [4.78, 5) is 6.89. The van der Waals surface area contributed by atoms with Crippen molar-refractivity contribution in [2.75, 3.05) is 26.7 Å². The average Bonchev–Trinajstić information content (AvgIpc) is 3.22. The number of piperidine rings is 1. The third-order valence-electron chi connectivity index (χ3n) is 4.01. The molecule has 1 aliphatic carbocycles. The van der Waals surface area contributed by atoms with Gasteiger partial charge in [-0.05, 0) is 52.1 Å². The molecule has 2 aliphatic rings. The maximum absolute atomic E-state index is 4.26. The molecule has 0 aromatic heterocycles. The lowest BCUT2D eigenvalue weighted by atomic mass is 10.1. The van der Waals surface area contributed by atoms with Crippen LogP contribution >= 0.6 is 0 Å². The first kappa shape index (κ1) is 13.7. The lowest BCUT2D eigenvalue weighted by molar-refractivity contribution is 0.167. The first-order chi connectivity index (χ1) is 8.79. The van der Waals surface area contributed by atoms with Crippen LogP contribution in [-0.2, 0) is 0 Å².